The molecule has 5 heteroatoms. The van der Waals surface area contributed by atoms with Crippen molar-refractivity contribution in [1.82, 2.24) is 14.6 Å². The van der Waals surface area contributed by atoms with Crippen LogP contribution in [-0.4, -0.2) is 21.3 Å². The van der Waals surface area contributed by atoms with Crippen molar-refractivity contribution in [1.29, 1.82) is 0 Å². The van der Waals surface area contributed by atoms with E-state index in [1.165, 1.54) is 5.56 Å². The molecule has 30 heavy (non-hydrogen) atoms. The van der Waals surface area contributed by atoms with E-state index in [1.54, 1.807) is 12.3 Å². The van der Waals surface area contributed by atoms with Crippen LogP contribution in [0.2, 0.25) is 0 Å². The first-order valence-electron chi connectivity index (χ1n) is 9.86. The van der Waals surface area contributed by atoms with Gasteiger partial charge in [-0.3, -0.25) is 4.79 Å². The van der Waals surface area contributed by atoms with Crippen LogP contribution in [0.15, 0.2) is 84.2 Å². The average molecular weight is 396 g/mol. The fourth-order valence-corrected chi connectivity index (χ4v) is 3.62. The summed E-state index contributed by atoms with van der Waals surface area (Å²) in [7, 11) is 0. The van der Waals surface area contributed by atoms with E-state index in [4.69, 9.17) is 0 Å². The predicted molar refractivity (Wildman–Crippen MR) is 121 cm³/mol. The Balaban J connectivity index is 1.54. The van der Waals surface area contributed by atoms with E-state index in [2.05, 4.69) is 66.2 Å². The second-order valence-electron chi connectivity index (χ2n) is 7.30. The van der Waals surface area contributed by atoms with E-state index in [1.807, 2.05) is 47.3 Å². The van der Waals surface area contributed by atoms with Crippen LogP contribution in [-0.2, 0) is 0 Å². The Kier molecular flexibility index (Phi) is 5.35. The molecule has 0 radical (unpaired) electrons. The number of nitrogens with zero attached hydrogens (tertiary/aromatic N) is 3. The first-order valence-corrected chi connectivity index (χ1v) is 9.86. The fourth-order valence-electron chi connectivity index (χ4n) is 3.62. The van der Waals surface area contributed by atoms with E-state index >= 15 is 0 Å². The molecule has 2 heterocycles. The first kappa shape index (κ1) is 19.5. The smallest absolute Gasteiger partial charge is 0.273 e. The first-order chi connectivity index (χ1) is 14.5. The van der Waals surface area contributed by atoms with Gasteiger partial charge in [-0.15, -0.1) is 0 Å². The van der Waals surface area contributed by atoms with Crippen LogP contribution in [0.5, 0.6) is 0 Å². The highest BCUT2D eigenvalue weighted by molar-refractivity contribution is 5.98. The summed E-state index contributed by atoms with van der Waals surface area (Å²) in [4.78, 5) is 12.7. The van der Waals surface area contributed by atoms with Gasteiger partial charge in [0, 0.05) is 35.0 Å². The van der Waals surface area contributed by atoms with E-state index in [0.717, 1.165) is 28.3 Å². The summed E-state index contributed by atoms with van der Waals surface area (Å²) in [5.41, 5.74) is 9.53. The maximum absolute atomic E-state index is 12.7. The number of aryl methyl sites for hydroxylation is 2. The molecule has 2 aromatic heterocycles. The van der Waals surface area contributed by atoms with Crippen molar-refractivity contribution in [3.8, 4) is 11.4 Å². The average Bonchev–Trinajstić information content (AvgIpc) is 3.37. The number of aromatic nitrogens is 2. The van der Waals surface area contributed by atoms with E-state index in [-0.39, 0.29) is 5.91 Å². The van der Waals surface area contributed by atoms with Crippen molar-refractivity contribution in [3.05, 3.63) is 107 Å². The number of hydrogen-bond donors (Lipinski definition) is 1. The number of hydrazone groups is 1. The molecule has 0 fully saturated rings. The van der Waals surface area contributed by atoms with Crippen LogP contribution in [0.4, 0.5) is 0 Å². The van der Waals surface area contributed by atoms with Crippen LogP contribution < -0.4 is 5.43 Å². The largest absolute Gasteiger partial charge is 0.323 e. The van der Waals surface area contributed by atoms with Crippen molar-refractivity contribution >= 4 is 12.1 Å². The molecule has 1 amide bonds. The van der Waals surface area contributed by atoms with Gasteiger partial charge < -0.3 is 9.13 Å². The zero-order valence-corrected chi connectivity index (χ0v) is 17.3. The summed E-state index contributed by atoms with van der Waals surface area (Å²) in [5, 5.41) is 4.22. The molecule has 5 nitrogen and oxygen atoms in total. The molecule has 0 unspecified atom stereocenters. The van der Waals surface area contributed by atoms with Crippen molar-refractivity contribution in [2.75, 3.05) is 0 Å². The minimum absolute atomic E-state index is 0.247. The standard InChI is InChI=1S/C25H24N4O/c1-18-10-12-22(13-11-18)29-19(2)16-21(20(29)3)17-26-27-25(30)23-8-4-5-9-24(23)28-14-6-7-15-28/h4-17H,1-3H3,(H,27,30)/b26-17-. The van der Waals surface area contributed by atoms with Gasteiger partial charge in [-0.1, -0.05) is 29.8 Å². The lowest BCUT2D eigenvalue weighted by molar-refractivity contribution is 0.0955. The van der Waals surface area contributed by atoms with Gasteiger partial charge in [-0.2, -0.15) is 5.10 Å². The Morgan fingerprint density at radius 2 is 1.63 bits per heavy atom. The van der Waals surface area contributed by atoms with Gasteiger partial charge >= 0.3 is 0 Å². The number of para-hydroxylation sites is 1. The number of rotatable bonds is 5. The molecule has 0 saturated carbocycles. The van der Waals surface area contributed by atoms with Crippen molar-refractivity contribution in [3.63, 3.8) is 0 Å². The van der Waals surface area contributed by atoms with Crippen LogP contribution >= 0.6 is 0 Å². The summed E-state index contributed by atoms with van der Waals surface area (Å²) in [6.07, 6.45) is 5.52. The van der Waals surface area contributed by atoms with Gasteiger partial charge in [-0.05, 0) is 63.2 Å². The zero-order chi connectivity index (χ0) is 21.1. The molecule has 0 saturated heterocycles. The van der Waals surface area contributed by atoms with Crippen molar-refractivity contribution in [2.45, 2.75) is 20.8 Å². The summed E-state index contributed by atoms with van der Waals surface area (Å²) >= 11 is 0. The van der Waals surface area contributed by atoms with E-state index < -0.39 is 0 Å². The molecule has 0 bridgehead atoms. The van der Waals surface area contributed by atoms with Crippen LogP contribution in [0.1, 0.15) is 32.9 Å². The highest BCUT2D eigenvalue weighted by Gasteiger charge is 2.12. The molecule has 1 N–H and O–H groups in total. The quantitative estimate of drug-likeness (QED) is 0.376. The highest BCUT2D eigenvalue weighted by atomic mass is 16.2. The van der Waals surface area contributed by atoms with Crippen molar-refractivity contribution < 1.29 is 4.79 Å². The normalized spacial score (nSPS) is 11.2. The van der Waals surface area contributed by atoms with Gasteiger partial charge in [0.25, 0.3) is 5.91 Å². The number of carbonyl (C=O) groups excluding carboxylic acids is 1. The summed E-state index contributed by atoms with van der Waals surface area (Å²) in [6, 6.07) is 21.8. The van der Waals surface area contributed by atoms with E-state index in [9.17, 15) is 4.79 Å². The number of nitrogens with one attached hydrogen (secondary N) is 1. The summed E-state index contributed by atoms with van der Waals surface area (Å²) in [5.74, 6) is -0.247. The molecular formula is C25H24N4O. The molecule has 0 spiro atoms. The predicted octanol–water partition coefficient (Wildman–Crippen LogP) is 4.96. The number of hydrogen-bond acceptors (Lipinski definition) is 2. The monoisotopic (exact) mass is 396 g/mol. The Morgan fingerprint density at radius 1 is 0.933 bits per heavy atom. The van der Waals surface area contributed by atoms with Crippen LogP contribution in [0, 0.1) is 20.8 Å². The third kappa shape index (κ3) is 3.82. The van der Waals surface area contributed by atoms with Gasteiger partial charge in [0.05, 0.1) is 17.5 Å². The zero-order valence-electron chi connectivity index (χ0n) is 17.3. The summed E-state index contributed by atoms with van der Waals surface area (Å²) in [6.45, 7) is 6.20. The van der Waals surface area contributed by atoms with Gasteiger partial charge in [-0.25, -0.2) is 5.43 Å². The second kappa shape index (κ2) is 8.25. The molecule has 2 aromatic carbocycles. The Morgan fingerprint density at radius 3 is 2.37 bits per heavy atom. The van der Waals surface area contributed by atoms with Crippen molar-refractivity contribution in [2.24, 2.45) is 5.10 Å². The molecule has 0 atom stereocenters. The molecule has 4 aromatic rings. The second-order valence-corrected chi connectivity index (χ2v) is 7.30. The SMILES string of the molecule is Cc1ccc(-n2c(C)cc(/C=N\NC(=O)c3ccccc3-n3cccc3)c2C)cc1. The third-order valence-electron chi connectivity index (χ3n) is 5.16. The number of carbonyl (C=O) groups is 1. The number of benzene rings is 2. The third-order valence-corrected chi connectivity index (χ3v) is 5.16. The molecule has 150 valence electrons. The lowest BCUT2D eigenvalue weighted by atomic mass is 10.1. The Labute approximate surface area is 176 Å². The molecule has 0 aliphatic heterocycles. The summed E-state index contributed by atoms with van der Waals surface area (Å²) < 4.78 is 4.10. The highest BCUT2D eigenvalue weighted by Crippen LogP contribution is 2.20. The fraction of sp³-hybridized carbons (Fsp3) is 0.120. The Bertz CT molecular complexity index is 1200. The topological polar surface area (TPSA) is 51.3 Å². The Hall–Kier alpha value is -3.86. The van der Waals surface area contributed by atoms with Gasteiger partial charge in [0.2, 0.25) is 0 Å². The van der Waals surface area contributed by atoms with Gasteiger partial charge in [0.15, 0.2) is 0 Å². The van der Waals surface area contributed by atoms with Crippen LogP contribution in [0.3, 0.4) is 0 Å². The number of amides is 1. The lowest BCUT2D eigenvalue weighted by Gasteiger charge is -2.10. The van der Waals surface area contributed by atoms with Crippen LogP contribution in [0.25, 0.3) is 11.4 Å². The lowest BCUT2D eigenvalue weighted by Crippen LogP contribution is -2.19. The maximum atomic E-state index is 12.7. The minimum atomic E-state index is -0.247. The molecule has 0 aliphatic carbocycles. The van der Waals surface area contributed by atoms with Gasteiger partial charge in [0.1, 0.15) is 0 Å². The molecule has 0 aliphatic rings. The van der Waals surface area contributed by atoms with E-state index in [0.29, 0.717) is 5.56 Å². The molecular weight excluding hydrogens is 372 g/mol. The maximum Gasteiger partial charge on any atom is 0.273 e. The minimum Gasteiger partial charge on any atom is -0.323 e. The molecule has 4 rings (SSSR count).